The minimum Gasteiger partial charge on any atom is -0.394 e. The predicted molar refractivity (Wildman–Crippen MR) is 166 cm³/mol. The highest BCUT2D eigenvalue weighted by Crippen LogP contribution is 2.75. The topological polar surface area (TPSA) is 146 Å². The smallest absolute Gasteiger partial charge is 0.349 e. The maximum Gasteiger partial charge on any atom is 0.349 e. The van der Waals surface area contributed by atoms with Crippen LogP contribution in [0.4, 0.5) is 0 Å². The zero-order chi connectivity index (χ0) is 33.0. The molecule has 1 heterocycles. The highest BCUT2D eigenvalue weighted by molar-refractivity contribution is 5.78. The Bertz CT molecular complexity index is 1200. The summed E-state index contributed by atoms with van der Waals surface area (Å²) < 4.78 is 5.45. The Morgan fingerprint density at radius 2 is 1.56 bits per heavy atom. The number of hydrogen-bond donors (Lipinski definition) is 5. The van der Waals surface area contributed by atoms with Crippen LogP contribution in [0.15, 0.2) is 11.6 Å². The molecule has 0 aromatic carbocycles. The number of allylic oxidation sites excluding steroid dienone is 2. The number of fused-ring (bicyclic) bond motifs is 7. The van der Waals surface area contributed by atoms with Gasteiger partial charge in [-0.25, -0.2) is 4.79 Å². The molecule has 0 radical (unpaired) electrons. The maximum absolute atomic E-state index is 14.2. The minimum atomic E-state index is -1.65. The molecule has 0 amide bonds. The Morgan fingerprint density at radius 1 is 0.867 bits per heavy atom. The summed E-state index contributed by atoms with van der Waals surface area (Å²) in [5.74, 6) is 0.471. The molecule has 13 unspecified atom stereocenters. The Kier molecular flexibility index (Phi) is 8.25. The van der Waals surface area contributed by atoms with Crippen molar-refractivity contribution in [3.05, 3.63) is 11.6 Å². The molecule has 0 spiro atoms. The molecule has 6 rings (SSSR count). The fourth-order valence-electron chi connectivity index (χ4n) is 11.9. The number of aliphatic hydroxyl groups is 5. The van der Waals surface area contributed by atoms with Crippen LogP contribution in [0.25, 0.3) is 0 Å². The van der Waals surface area contributed by atoms with Gasteiger partial charge in [-0.1, -0.05) is 60.1 Å². The van der Waals surface area contributed by atoms with Crippen molar-refractivity contribution in [2.75, 3.05) is 6.61 Å². The molecule has 5 fully saturated rings. The number of hydrogen-bond acceptors (Lipinski definition) is 9. The molecular weight excluding hydrogens is 576 g/mol. The second-order valence-electron chi connectivity index (χ2n) is 17.9. The summed E-state index contributed by atoms with van der Waals surface area (Å²) >= 11 is 0. The van der Waals surface area contributed by atoms with Crippen LogP contribution in [0.5, 0.6) is 0 Å². The average Bonchev–Trinajstić information content (AvgIpc) is 2.97. The third kappa shape index (κ3) is 4.76. The van der Waals surface area contributed by atoms with E-state index in [2.05, 4.69) is 54.5 Å². The van der Waals surface area contributed by atoms with E-state index in [1.165, 1.54) is 5.57 Å². The standard InChI is InChI=1S/C36H58O9/c1-31(2)14-16-36(30(42)45-44-29-28(41)27(40)26(39)22(19-37)43-29)17-15-34(6)20(21(36)18-31)8-9-24-33(5)12-11-25(38)32(3,4)23(33)10-13-35(24,34)7/h8,21-29,37-41H,9-19H2,1-7H3. The summed E-state index contributed by atoms with van der Waals surface area (Å²) in [7, 11) is 0. The van der Waals surface area contributed by atoms with Gasteiger partial charge in [0.15, 0.2) is 0 Å². The van der Waals surface area contributed by atoms with Gasteiger partial charge in [0, 0.05) is 0 Å². The maximum atomic E-state index is 14.2. The lowest BCUT2D eigenvalue weighted by atomic mass is 9.33. The summed E-state index contributed by atoms with van der Waals surface area (Å²) in [5, 5.41) is 51.4. The van der Waals surface area contributed by atoms with E-state index >= 15 is 0 Å². The summed E-state index contributed by atoms with van der Waals surface area (Å²) in [6.07, 6.45) is 3.78. The second kappa shape index (κ2) is 11.0. The molecule has 6 aliphatic rings. The first-order valence-electron chi connectivity index (χ1n) is 17.4. The second-order valence-corrected chi connectivity index (χ2v) is 17.9. The van der Waals surface area contributed by atoms with E-state index in [0.717, 1.165) is 51.4 Å². The molecule has 256 valence electrons. The van der Waals surface area contributed by atoms with Crippen molar-refractivity contribution >= 4 is 5.97 Å². The van der Waals surface area contributed by atoms with Crippen molar-refractivity contribution in [2.24, 2.45) is 50.2 Å². The van der Waals surface area contributed by atoms with E-state index in [1.807, 2.05) is 0 Å². The van der Waals surface area contributed by atoms with E-state index < -0.39 is 48.7 Å². The monoisotopic (exact) mass is 634 g/mol. The molecular formula is C36H58O9. The van der Waals surface area contributed by atoms with E-state index in [0.29, 0.717) is 24.7 Å². The molecule has 9 heteroatoms. The fourth-order valence-corrected chi connectivity index (χ4v) is 11.9. The first-order valence-corrected chi connectivity index (χ1v) is 17.4. The Morgan fingerprint density at radius 3 is 2.24 bits per heavy atom. The van der Waals surface area contributed by atoms with Crippen molar-refractivity contribution in [1.29, 1.82) is 0 Å². The molecule has 1 aliphatic heterocycles. The first-order chi connectivity index (χ1) is 20.9. The van der Waals surface area contributed by atoms with Gasteiger partial charge in [-0.05, 0) is 109 Å². The van der Waals surface area contributed by atoms with Crippen LogP contribution in [-0.2, 0) is 19.3 Å². The number of aliphatic hydroxyl groups excluding tert-OH is 5. The molecule has 5 N–H and O–H groups in total. The highest BCUT2D eigenvalue weighted by Gasteiger charge is 2.69. The molecule has 4 saturated carbocycles. The molecule has 45 heavy (non-hydrogen) atoms. The van der Waals surface area contributed by atoms with Gasteiger partial charge < -0.3 is 30.3 Å². The lowest BCUT2D eigenvalue weighted by Gasteiger charge is -2.71. The van der Waals surface area contributed by atoms with Crippen molar-refractivity contribution in [3.63, 3.8) is 0 Å². The summed E-state index contributed by atoms with van der Waals surface area (Å²) in [4.78, 5) is 25.1. The number of carbonyl (C=O) groups excluding carboxylic acids is 1. The van der Waals surface area contributed by atoms with Crippen molar-refractivity contribution in [2.45, 2.75) is 149 Å². The third-order valence-electron chi connectivity index (χ3n) is 15.1. The lowest BCUT2D eigenvalue weighted by molar-refractivity contribution is -0.409. The Hall–Kier alpha value is -1.07. The van der Waals surface area contributed by atoms with E-state index in [-0.39, 0.29) is 39.1 Å². The molecule has 13 atom stereocenters. The van der Waals surface area contributed by atoms with Crippen LogP contribution in [0, 0.1) is 50.2 Å². The zero-order valence-corrected chi connectivity index (χ0v) is 28.4. The van der Waals surface area contributed by atoms with E-state index in [9.17, 15) is 30.3 Å². The van der Waals surface area contributed by atoms with E-state index in [4.69, 9.17) is 14.5 Å². The van der Waals surface area contributed by atoms with Crippen molar-refractivity contribution in [1.82, 2.24) is 0 Å². The van der Waals surface area contributed by atoms with Gasteiger partial charge in [-0.3, -0.25) is 4.89 Å². The minimum absolute atomic E-state index is 0.0150. The van der Waals surface area contributed by atoms with Crippen LogP contribution >= 0.6 is 0 Å². The molecule has 0 aromatic heterocycles. The van der Waals surface area contributed by atoms with Crippen molar-refractivity contribution in [3.8, 4) is 0 Å². The Balaban J connectivity index is 1.30. The van der Waals surface area contributed by atoms with Crippen molar-refractivity contribution < 1.29 is 44.8 Å². The predicted octanol–water partition coefficient (Wildman–Crippen LogP) is 4.42. The highest BCUT2D eigenvalue weighted by atomic mass is 17.2. The van der Waals surface area contributed by atoms with Gasteiger partial charge in [0.05, 0.1) is 18.1 Å². The molecule has 0 bridgehead atoms. The Labute approximate surface area is 268 Å². The van der Waals surface area contributed by atoms with Crippen LogP contribution in [-0.4, -0.2) is 74.9 Å². The van der Waals surface area contributed by atoms with E-state index in [1.54, 1.807) is 0 Å². The SMILES string of the molecule is CC1(C)CCC2(C(=O)OOC3OC(CO)C(O)C(O)C3O)CCC3(C)C(=CCC4C5(C)CCC(O)C(C)(C)C5CCC43C)C2C1. The summed E-state index contributed by atoms with van der Waals surface area (Å²) in [6, 6.07) is 0. The molecule has 9 nitrogen and oxygen atoms in total. The van der Waals surface area contributed by atoms with Gasteiger partial charge in [0.2, 0.25) is 6.29 Å². The van der Waals surface area contributed by atoms with Gasteiger partial charge >= 0.3 is 5.97 Å². The van der Waals surface area contributed by atoms with Gasteiger partial charge in [-0.2, -0.15) is 0 Å². The van der Waals surface area contributed by atoms with Gasteiger partial charge in [0.25, 0.3) is 0 Å². The third-order valence-corrected chi connectivity index (χ3v) is 15.1. The summed E-state index contributed by atoms with van der Waals surface area (Å²) in [6.45, 7) is 16.0. The average molecular weight is 635 g/mol. The van der Waals surface area contributed by atoms with Gasteiger partial charge in [0.1, 0.15) is 24.4 Å². The zero-order valence-electron chi connectivity index (χ0n) is 28.4. The van der Waals surface area contributed by atoms with Crippen LogP contribution in [0.3, 0.4) is 0 Å². The number of ether oxygens (including phenoxy) is 1. The largest absolute Gasteiger partial charge is 0.394 e. The first kappa shape index (κ1) is 33.8. The molecule has 1 saturated heterocycles. The lowest BCUT2D eigenvalue weighted by Crippen LogP contribution is -2.65. The quantitative estimate of drug-likeness (QED) is 0.172. The fraction of sp³-hybridized carbons (Fsp3) is 0.917. The van der Waals surface area contributed by atoms with Gasteiger partial charge in [-0.15, -0.1) is 4.89 Å². The van der Waals surface area contributed by atoms with Crippen LogP contribution < -0.4 is 0 Å². The van der Waals surface area contributed by atoms with Crippen LogP contribution in [0.1, 0.15) is 113 Å². The summed E-state index contributed by atoms with van der Waals surface area (Å²) in [5.41, 5.74) is 0.669. The van der Waals surface area contributed by atoms with Crippen LogP contribution in [0.2, 0.25) is 0 Å². The number of rotatable bonds is 4. The normalized spacial score (nSPS) is 51.9. The molecule has 5 aliphatic carbocycles. The number of carbonyl (C=O) groups is 1. The molecule has 0 aromatic rings.